The average molecular weight is 505 g/mol. The van der Waals surface area contributed by atoms with Crippen molar-refractivity contribution < 1.29 is 28.2 Å². The molecule has 1 aliphatic rings. The van der Waals surface area contributed by atoms with Gasteiger partial charge in [-0.1, -0.05) is 5.11 Å². The number of azide groups is 1. The van der Waals surface area contributed by atoms with E-state index in [0.29, 0.717) is 11.4 Å². The predicted octanol–water partition coefficient (Wildman–Crippen LogP) is 0.178. The predicted molar refractivity (Wildman–Crippen MR) is 118 cm³/mol. The lowest BCUT2D eigenvalue weighted by molar-refractivity contribution is -0.139. The van der Waals surface area contributed by atoms with Crippen molar-refractivity contribution in [2.75, 3.05) is 33.1 Å². The molecule has 0 radical (unpaired) electrons. The molecule has 4 atom stereocenters. The number of ether oxygens (including phenoxy) is 2. The van der Waals surface area contributed by atoms with Gasteiger partial charge in [0.25, 0.3) is 5.56 Å². The van der Waals surface area contributed by atoms with E-state index in [9.17, 15) is 23.7 Å². The van der Waals surface area contributed by atoms with Crippen molar-refractivity contribution in [2.45, 2.75) is 31.7 Å². The van der Waals surface area contributed by atoms with E-state index < -0.39 is 54.8 Å². The second-order valence-corrected chi connectivity index (χ2v) is 11.1. The van der Waals surface area contributed by atoms with Gasteiger partial charge in [0, 0.05) is 30.1 Å². The molecule has 0 aromatic carbocycles. The van der Waals surface area contributed by atoms with Crippen LogP contribution in [0.25, 0.3) is 10.4 Å². The fraction of sp³-hybridized carbons (Fsp3) is 0.625. The molecule has 3 N–H and O–H groups in total. The van der Waals surface area contributed by atoms with E-state index in [1.165, 1.54) is 20.2 Å². The minimum atomic E-state index is -3.79. The summed E-state index contributed by atoms with van der Waals surface area (Å²) in [5.74, 6) is -1.33. The molecule has 182 valence electrons. The van der Waals surface area contributed by atoms with Crippen LogP contribution in [0.4, 0.5) is 0 Å². The highest BCUT2D eigenvalue weighted by atomic mass is 32.7. The first kappa shape index (κ1) is 26.6. The van der Waals surface area contributed by atoms with E-state index >= 15 is 0 Å². The number of carbonyl (C=O) groups excluding carboxylic acids is 2. The third-order valence-electron chi connectivity index (χ3n) is 4.56. The second-order valence-electron chi connectivity index (χ2n) is 6.77. The topological polar surface area (TPSA) is 207 Å². The number of H-pyrrole nitrogens is 1. The summed E-state index contributed by atoms with van der Waals surface area (Å²) in [5, 5.41) is 8.49. The molecule has 0 spiro atoms. The number of carbonyl (C=O) groups is 2. The van der Waals surface area contributed by atoms with E-state index in [2.05, 4.69) is 30.2 Å². The van der Waals surface area contributed by atoms with Gasteiger partial charge in [-0.3, -0.25) is 28.5 Å². The van der Waals surface area contributed by atoms with Gasteiger partial charge < -0.3 is 19.3 Å². The summed E-state index contributed by atoms with van der Waals surface area (Å²) >= 11 is 0.659. The highest BCUT2D eigenvalue weighted by Crippen LogP contribution is 2.56. The number of nitrogens with one attached hydrogen (secondary N) is 3. The van der Waals surface area contributed by atoms with Crippen LogP contribution in [0, 0.1) is 6.92 Å². The van der Waals surface area contributed by atoms with Crippen molar-refractivity contribution in [3.05, 3.63) is 43.0 Å². The van der Waals surface area contributed by atoms with Crippen LogP contribution in [0.5, 0.6) is 0 Å². The van der Waals surface area contributed by atoms with Crippen LogP contribution in [0.1, 0.15) is 18.2 Å². The first-order valence-corrected chi connectivity index (χ1v) is 12.8. The van der Waals surface area contributed by atoms with E-state index in [0.717, 1.165) is 11.7 Å². The number of nitrogens with zero attached hydrogens (tertiary/aromatic N) is 4. The Morgan fingerprint density at radius 2 is 2.21 bits per heavy atom. The molecule has 1 unspecified atom stereocenters. The van der Waals surface area contributed by atoms with Gasteiger partial charge in [-0.05, 0) is 23.8 Å². The molecule has 17 heteroatoms. The van der Waals surface area contributed by atoms with Gasteiger partial charge in [0.1, 0.15) is 12.8 Å². The van der Waals surface area contributed by atoms with Gasteiger partial charge >= 0.3 is 18.4 Å². The molecule has 1 amide bonds. The minimum absolute atomic E-state index is 0.0920. The Morgan fingerprint density at radius 1 is 1.48 bits per heavy atom. The fourth-order valence-electron chi connectivity index (χ4n) is 2.77. The molecule has 2 rings (SSSR count). The van der Waals surface area contributed by atoms with Crippen LogP contribution in [0.15, 0.2) is 20.9 Å². The molecule has 0 aliphatic carbocycles. The highest BCUT2D eigenvalue weighted by molar-refractivity contribution is 8.56. The Bertz CT molecular complexity index is 1060. The van der Waals surface area contributed by atoms with Crippen LogP contribution in [-0.2, 0) is 28.2 Å². The average Bonchev–Trinajstić information content (AvgIpc) is 3.19. The molecule has 15 nitrogen and oxygen atoms in total. The Kier molecular flexibility index (Phi) is 9.70. The molecule has 2 heterocycles. The molecule has 1 fully saturated rings. The SMILES string of the molecule is CNC(=O)CSP(=O)(NCC(=O)OC)OC[C@H]1O[C@@H](n2cc(C)c(=O)[nH]c2=O)C[C@@H]1N=[N+]=[N-]. The van der Waals surface area contributed by atoms with Crippen molar-refractivity contribution in [1.82, 2.24) is 20.0 Å². The number of esters is 1. The molecule has 1 saturated heterocycles. The van der Waals surface area contributed by atoms with Crippen molar-refractivity contribution >= 4 is 30.0 Å². The summed E-state index contributed by atoms with van der Waals surface area (Å²) in [6, 6.07) is -0.780. The van der Waals surface area contributed by atoms with Crippen LogP contribution in [0.2, 0.25) is 0 Å². The van der Waals surface area contributed by atoms with Gasteiger partial charge in [0.2, 0.25) is 5.91 Å². The quantitative estimate of drug-likeness (QED) is 0.122. The number of aryl methyl sites for hydroxylation is 1. The monoisotopic (exact) mass is 505 g/mol. The Morgan fingerprint density at radius 3 is 2.85 bits per heavy atom. The van der Waals surface area contributed by atoms with Gasteiger partial charge in [-0.15, -0.1) is 0 Å². The van der Waals surface area contributed by atoms with E-state index in [1.54, 1.807) is 0 Å². The van der Waals surface area contributed by atoms with Crippen molar-refractivity contribution in [2.24, 2.45) is 5.11 Å². The zero-order chi connectivity index (χ0) is 24.6. The molecule has 1 aliphatic heterocycles. The van der Waals surface area contributed by atoms with Gasteiger partial charge in [0.05, 0.1) is 31.6 Å². The Balaban J connectivity index is 2.17. The molecular weight excluding hydrogens is 481 g/mol. The van der Waals surface area contributed by atoms with Crippen LogP contribution in [-0.4, -0.2) is 66.6 Å². The largest absolute Gasteiger partial charge is 0.468 e. The molecule has 1 aromatic rings. The lowest BCUT2D eigenvalue weighted by Crippen LogP contribution is -2.33. The standard InChI is InChI=1S/C16H24N7O8PS/c1-9-6-23(16(27)20-15(9)26)13-4-10(21-22-17)11(31-13)7-30-32(28,19-5-14(25)29-3)33-8-12(24)18-2/h6,10-11,13H,4-5,7-8H2,1-3H3,(H,18,24)(H,19,28)(H,20,26,27)/t10-,11+,13+,32?/m0/s1. The number of hydrogen-bond acceptors (Lipinski definition) is 10. The summed E-state index contributed by atoms with van der Waals surface area (Å²) in [5.41, 5.74) is 7.93. The summed E-state index contributed by atoms with van der Waals surface area (Å²) in [4.78, 5) is 51.7. The van der Waals surface area contributed by atoms with Crippen LogP contribution in [0.3, 0.4) is 0 Å². The van der Waals surface area contributed by atoms with Crippen LogP contribution >= 0.6 is 18.1 Å². The Hall–Kier alpha value is -2.61. The molecular formula is C16H24N7O8PS. The minimum Gasteiger partial charge on any atom is -0.468 e. The van der Waals surface area contributed by atoms with Crippen LogP contribution < -0.4 is 21.7 Å². The number of methoxy groups -OCH3 is 1. The zero-order valence-electron chi connectivity index (χ0n) is 18.0. The summed E-state index contributed by atoms with van der Waals surface area (Å²) in [7, 11) is 2.57. The van der Waals surface area contributed by atoms with Crippen molar-refractivity contribution in [3.63, 3.8) is 0 Å². The van der Waals surface area contributed by atoms with Gasteiger partial charge in [-0.25, -0.2) is 9.88 Å². The molecule has 33 heavy (non-hydrogen) atoms. The lowest BCUT2D eigenvalue weighted by atomic mass is 10.1. The number of amides is 1. The lowest BCUT2D eigenvalue weighted by Gasteiger charge is -2.22. The zero-order valence-corrected chi connectivity index (χ0v) is 19.8. The maximum Gasteiger partial charge on any atom is 0.330 e. The maximum absolute atomic E-state index is 13.2. The number of hydrogen-bond donors (Lipinski definition) is 3. The van der Waals surface area contributed by atoms with Crippen molar-refractivity contribution in [1.29, 1.82) is 0 Å². The van der Waals surface area contributed by atoms with Gasteiger partial charge in [-0.2, -0.15) is 0 Å². The first-order chi connectivity index (χ1) is 15.6. The normalized spacial score (nSPS) is 21.6. The third kappa shape index (κ3) is 7.45. The number of aromatic nitrogens is 2. The summed E-state index contributed by atoms with van der Waals surface area (Å²) < 4.78 is 30.1. The van der Waals surface area contributed by atoms with E-state index in [-0.39, 0.29) is 24.3 Å². The number of rotatable bonds is 11. The molecule has 0 saturated carbocycles. The first-order valence-electron chi connectivity index (χ1n) is 9.55. The summed E-state index contributed by atoms with van der Waals surface area (Å²) in [6.07, 6.45) is -0.365. The van der Waals surface area contributed by atoms with E-state index in [4.69, 9.17) is 14.8 Å². The maximum atomic E-state index is 13.2. The molecule has 1 aromatic heterocycles. The third-order valence-corrected chi connectivity index (χ3v) is 8.43. The summed E-state index contributed by atoms with van der Waals surface area (Å²) in [6.45, 7) is -3.06. The number of aromatic amines is 1. The smallest absolute Gasteiger partial charge is 0.330 e. The second kappa shape index (κ2) is 12.0. The fourth-order valence-corrected chi connectivity index (χ4v) is 5.86. The van der Waals surface area contributed by atoms with E-state index in [1.807, 2.05) is 0 Å². The van der Waals surface area contributed by atoms with Crippen molar-refractivity contribution in [3.8, 4) is 0 Å². The highest BCUT2D eigenvalue weighted by Gasteiger charge is 2.38. The van der Waals surface area contributed by atoms with Gasteiger partial charge in [0.15, 0.2) is 0 Å². The molecule has 0 bridgehead atoms. The Labute approximate surface area is 191 Å².